The molecule has 0 amide bonds. The number of benzene rings is 2. The first-order chi connectivity index (χ1) is 9.63. The molecule has 0 aliphatic rings. The zero-order valence-corrected chi connectivity index (χ0v) is 11.2. The van der Waals surface area contributed by atoms with Crippen LogP contribution in [0.2, 0.25) is 5.02 Å². The molecule has 3 rings (SSSR count). The third kappa shape index (κ3) is 2.45. The summed E-state index contributed by atoms with van der Waals surface area (Å²) < 4.78 is 18.5. The molecule has 0 saturated heterocycles. The van der Waals surface area contributed by atoms with Crippen molar-refractivity contribution in [3.63, 3.8) is 0 Å². The van der Waals surface area contributed by atoms with Crippen molar-refractivity contribution in [3.05, 3.63) is 70.7 Å². The lowest BCUT2D eigenvalue weighted by Crippen LogP contribution is -2.02. The Kier molecular flexibility index (Phi) is 3.28. The molecule has 4 heteroatoms. The van der Waals surface area contributed by atoms with Gasteiger partial charge in [-0.15, -0.1) is 0 Å². The number of hydrogen-bond donors (Lipinski definition) is 0. The van der Waals surface area contributed by atoms with E-state index in [9.17, 15) is 9.18 Å². The summed E-state index contributed by atoms with van der Waals surface area (Å²) in [5, 5.41) is 1.12. The molecule has 0 bridgehead atoms. The smallest absolute Gasteiger partial charge is 0.202 e. The molecular weight excluding hydrogens is 279 g/mol. The molecule has 0 spiro atoms. The van der Waals surface area contributed by atoms with Gasteiger partial charge in [0, 0.05) is 16.8 Å². The van der Waals surface area contributed by atoms with E-state index < -0.39 is 5.82 Å². The summed E-state index contributed by atoms with van der Waals surface area (Å²) in [6.07, 6.45) is 0.0823. The number of fused-ring (bicyclic) bond motifs is 1. The normalized spacial score (nSPS) is 10.9. The lowest BCUT2D eigenvalue weighted by Gasteiger charge is -2.02. The second-order valence-electron chi connectivity index (χ2n) is 4.48. The van der Waals surface area contributed by atoms with Gasteiger partial charge in [-0.05, 0) is 29.8 Å². The maximum absolute atomic E-state index is 13.0. The van der Waals surface area contributed by atoms with Crippen molar-refractivity contribution in [2.24, 2.45) is 0 Å². The van der Waals surface area contributed by atoms with Crippen LogP contribution in [0.15, 0.2) is 52.9 Å². The lowest BCUT2D eigenvalue weighted by atomic mass is 10.1. The molecule has 0 saturated carbocycles. The highest BCUT2D eigenvalue weighted by Crippen LogP contribution is 2.23. The van der Waals surface area contributed by atoms with Gasteiger partial charge in [0.25, 0.3) is 0 Å². The van der Waals surface area contributed by atoms with Crippen LogP contribution in [0.1, 0.15) is 16.1 Å². The Balaban J connectivity index is 1.89. The highest BCUT2D eigenvalue weighted by molar-refractivity contribution is 6.31. The van der Waals surface area contributed by atoms with Gasteiger partial charge in [0.2, 0.25) is 5.78 Å². The number of Topliss-reactive ketones (excluding diaryl/α,β-unsaturated/α-hetero) is 1. The second-order valence-corrected chi connectivity index (χ2v) is 4.89. The summed E-state index contributed by atoms with van der Waals surface area (Å²) in [5.74, 6) is -0.323. The zero-order chi connectivity index (χ0) is 14.1. The highest BCUT2D eigenvalue weighted by atomic mass is 35.5. The number of hydrogen-bond acceptors (Lipinski definition) is 2. The summed E-state index contributed by atoms with van der Waals surface area (Å²) in [6.45, 7) is 0. The van der Waals surface area contributed by atoms with Crippen LogP contribution >= 0.6 is 11.6 Å². The van der Waals surface area contributed by atoms with Gasteiger partial charge in [-0.1, -0.05) is 35.9 Å². The first kappa shape index (κ1) is 12.9. The van der Waals surface area contributed by atoms with E-state index in [1.54, 1.807) is 12.1 Å². The molecule has 0 fully saturated rings. The van der Waals surface area contributed by atoms with Crippen molar-refractivity contribution >= 4 is 28.4 Å². The van der Waals surface area contributed by atoms with Crippen LogP contribution in [0.3, 0.4) is 0 Å². The Morgan fingerprint density at radius 1 is 1.15 bits per heavy atom. The number of rotatable bonds is 3. The van der Waals surface area contributed by atoms with Gasteiger partial charge in [-0.25, -0.2) is 4.39 Å². The third-order valence-corrected chi connectivity index (χ3v) is 3.42. The van der Waals surface area contributed by atoms with E-state index in [-0.39, 0.29) is 23.0 Å². The van der Waals surface area contributed by atoms with Gasteiger partial charge in [0.1, 0.15) is 11.4 Å². The van der Waals surface area contributed by atoms with Gasteiger partial charge in [0.15, 0.2) is 5.76 Å². The van der Waals surface area contributed by atoms with Crippen molar-refractivity contribution < 1.29 is 13.6 Å². The summed E-state index contributed by atoms with van der Waals surface area (Å²) in [6, 6.07) is 13.1. The molecule has 0 aliphatic carbocycles. The topological polar surface area (TPSA) is 30.2 Å². The van der Waals surface area contributed by atoms with E-state index in [0.717, 1.165) is 5.39 Å². The molecule has 0 atom stereocenters. The molecule has 0 unspecified atom stereocenters. The predicted octanol–water partition coefficient (Wildman–Crippen LogP) is 4.65. The molecule has 1 heterocycles. The maximum atomic E-state index is 13.0. The van der Waals surface area contributed by atoms with Crippen LogP contribution < -0.4 is 0 Å². The highest BCUT2D eigenvalue weighted by Gasteiger charge is 2.14. The van der Waals surface area contributed by atoms with Crippen molar-refractivity contribution in [3.8, 4) is 0 Å². The summed E-state index contributed by atoms with van der Waals surface area (Å²) >= 11 is 5.92. The summed E-state index contributed by atoms with van der Waals surface area (Å²) in [5.41, 5.74) is 1.25. The van der Waals surface area contributed by atoms with Crippen LogP contribution in [-0.4, -0.2) is 5.78 Å². The van der Waals surface area contributed by atoms with E-state index in [4.69, 9.17) is 16.0 Å². The third-order valence-electron chi connectivity index (χ3n) is 3.07. The molecule has 1 aromatic heterocycles. The Morgan fingerprint density at radius 2 is 1.95 bits per heavy atom. The number of halogens is 2. The van der Waals surface area contributed by atoms with Gasteiger partial charge in [-0.3, -0.25) is 4.79 Å². The van der Waals surface area contributed by atoms with Crippen molar-refractivity contribution in [1.82, 2.24) is 0 Å². The quantitative estimate of drug-likeness (QED) is 0.657. The summed E-state index contributed by atoms with van der Waals surface area (Å²) in [4.78, 5) is 12.2. The van der Waals surface area contributed by atoms with Crippen LogP contribution in [-0.2, 0) is 6.42 Å². The molecular formula is C16H10ClFO2. The monoisotopic (exact) mass is 288 g/mol. The maximum Gasteiger partial charge on any atom is 0.202 e. The Bertz CT molecular complexity index is 759. The fourth-order valence-electron chi connectivity index (χ4n) is 2.04. The Hall–Kier alpha value is -2.13. The fraction of sp³-hybridized carbons (Fsp3) is 0.0625. The van der Waals surface area contributed by atoms with Crippen molar-refractivity contribution in [2.45, 2.75) is 6.42 Å². The van der Waals surface area contributed by atoms with Gasteiger partial charge in [-0.2, -0.15) is 0 Å². The number of furan rings is 1. The average molecular weight is 289 g/mol. The molecule has 3 aromatic rings. The number of carbonyl (C=O) groups is 1. The molecule has 2 aromatic carbocycles. The first-order valence-electron chi connectivity index (χ1n) is 6.09. The second kappa shape index (κ2) is 5.10. The molecule has 2 nitrogen and oxygen atoms in total. The number of para-hydroxylation sites is 1. The molecule has 0 aliphatic heterocycles. The fourth-order valence-corrected chi connectivity index (χ4v) is 2.28. The van der Waals surface area contributed by atoms with Crippen LogP contribution in [0.5, 0.6) is 0 Å². The molecule has 100 valence electrons. The van der Waals surface area contributed by atoms with Gasteiger partial charge in [0.05, 0.1) is 0 Å². The van der Waals surface area contributed by atoms with E-state index in [2.05, 4.69) is 0 Å². The van der Waals surface area contributed by atoms with Gasteiger partial charge < -0.3 is 4.42 Å². The average Bonchev–Trinajstić information content (AvgIpc) is 2.86. The standard InChI is InChI=1S/C16H10ClFO2/c17-13-9-12(18)6-5-10(13)7-14(19)16-8-11-3-1-2-4-15(11)20-16/h1-6,8-9H,7H2. The SMILES string of the molecule is O=C(Cc1ccc(F)cc1Cl)c1cc2ccccc2o1. The summed E-state index contributed by atoms with van der Waals surface area (Å²) in [7, 11) is 0. The van der Waals surface area contributed by atoms with E-state index in [0.29, 0.717) is 11.1 Å². The van der Waals surface area contributed by atoms with Crippen LogP contribution in [0.25, 0.3) is 11.0 Å². The van der Waals surface area contributed by atoms with E-state index >= 15 is 0 Å². The molecule has 20 heavy (non-hydrogen) atoms. The number of carbonyl (C=O) groups excluding carboxylic acids is 1. The van der Waals surface area contributed by atoms with Gasteiger partial charge >= 0.3 is 0 Å². The largest absolute Gasteiger partial charge is 0.453 e. The van der Waals surface area contributed by atoms with Crippen LogP contribution in [0, 0.1) is 5.82 Å². The minimum Gasteiger partial charge on any atom is -0.453 e. The lowest BCUT2D eigenvalue weighted by molar-refractivity contribution is 0.0968. The first-order valence-corrected chi connectivity index (χ1v) is 6.47. The predicted molar refractivity (Wildman–Crippen MR) is 75.7 cm³/mol. The van der Waals surface area contributed by atoms with Crippen molar-refractivity contribution in [2.75, 3.05) is 0 Å². The van der Waals surface area contributed by atoms with E-state index in [1.807, 2.05) is 18.2 Å². The van der Waals surface area contributed by atoms with Crippen LogP contribution in [0.4, 0.5) is 4.39 Å². The Morgan fingerprint density at radius 3 is 2.70 bits per heavy atom. The molecule has 0 N–H and O–H groups in total. The minimum atomic E-state index is -0.421. The molecule has 0 radical (unpaired) electrons. The zero-order valence-electron chi connectivity index (χ0n) is 10.4. The number of ketones is 1. The van der Waals surface area contributed by atoms with Crippen molar-refractivity contribution in [1.29, 1.82) is 0 Å². The minimum absolute atomic E-state index is 0.0823. The van der Waals surface area contributed by atoms with E-state index in [1.165, 1.54) is 18.2 Å². The Labute approximate surface area is 119 Å².